The van der Waals surface area contributed by atoms with E-state index >= 15 is 0 Å². The Bertz CT molecular complexity index is 997. The molecule has 0 aliphatic heterocycles. The van der Waals surface area contributed by atoms with Crippen LogP contribution in [0.1, 0.15) is 11.4 Å². The van der Waals surface area contributed by atoms with Crippen LogP contribution in [0.4, 0.5) is 17.5 Å². The molecule has 0 atom stereocenters. The molecule has 0 fully saturated rings. The van der Waals surface area contributed by atoms with Gasteiger partial charge < -0.3 is 10.6 Å². The Hall–Kier alpha value is -3.04. The summed E-state index contributed by atoms with van der Waals surface area (Å²) >= 11 is 0. The zero-order valence-electron chi connectivity index (χ0n) is 15.5. The molecule has 146 valence electrons. The minimum absolute atomic E-state index is 0.0431. The van der Waals surface area contributed by atoms with Gasteiger partial charge in [0.05, 0.1) is 5.75 Å². The van der Waals surface area contributed by atoms with Crippen molar-refractivity contribution in [3.63, 3.8) is 0 Å². The van der Waals surface area contributed by atoms with Crippen LogP contribution in [0.2, 0.25) is 0 Å². The van der Waals surface area contributed by atoms with Gasteiger partial charge in [-0.25, -0.2) is 28.1 Å². The van der Waals surface area contributed by atoms with Crippen LogP contribution in [0.25, 0.3) is 0 Å². The summed E-state index contributed by atoms with van der Waals surface area (Å²) in [5, 5.41) is 6.22. The van der Waals surface area contributed by atoms with Crippen molar-refractivity contribution < 1.29 is 8.42 Å². The molecule has 0 radical (unpaired) electrons. The van der Waals surface area contributed by atoms with Crippen LogP contribution in [-0.4, -0.2) is 36.5 Å². The number of rotatable bonds is 9. The Morgan fingerprint density at radius 2 is 1.64 bits per heavy atom. The van der Waals surface area contributed by atoms with Crippen LogP contribution in [0.5, 0.6) is 0 Å². The van der Waals surface area contributed by atoms with Gasteiger partial charge in [0.25, 0.3) is 0 Å². The number of pyridine rings is 1. The molecule has 1 aromatic carbocycles. The number of benzene rings is 1. The highest BCUT2D eigenvalue weighted by molar-refractivity contribution is 7.88. The zero-order valence-corrected chi connectivity index (χ0v) is 16.3. The normalized spacial score (nSPS) is 11.2. The summed E-state index contributed by atoms with van der Waals surface area (Å²) in [5.41, 5.74) is 0.750. The largest absolute Gasteiger partial charge is 0.369 e. The lowest BCUT2D eigenvalue weighted by molar-refractivity contribution is 0.582. The summed E-state index contributed by atoms with van der Waals surface area (Å²) in [6.45, 7) is 2.44. The molecule has 3 N–H and O–H groups in total. The predicted molar refractivity (Wildman–Crippen MR) is 110 cm³/mol. The van der Waals surface area contributed by atoms with E-state index in [1.54, 1.807) is 31.3 Å². The van der Waals surface area contributed by atoms with Crippen molar-refractivity contribution in [2.24, 2.45) is 0 Å². The van der Waals surface area contributed by atoms with Gasteiger partial charge in [0.15, 0.2) is 0 Å². The molecule has 0 unspecified atom stereocenters. The molecule has 0 aliphatic carbocycles. The summed E-state index contributed by atoms with van der Waals surface area (Å²) in [5.74, 6) is 2.44. The SMILES string of the molecule is Cc1nc(NCCNS(=O)(=O)Cc2ccccc2)cc(Nc2ccccn2)n1. The highest BCUT2D eigenvalue weighted by Crippen LogP contribution is 2.15. The van der Waals surface area contributed by atoms with Gasteiger partial charge in [-0.2, -0.15) is 0 Å². The quantitative estimate of drug-likeness (QED) is 0.475. The Balaban J connectivity index is 1.52. The standard InChI is InChI=1S/C19H22N6O2S/c1-15-23-18(13-19(24-15)25-17-9-5-6-10-20-17)21-11-12-22-28(26,27)14-16-7-3-2-4-8-16/h2-10,13,22H,11-12,14H2,1H3,(H2,20,21,23,24,25). The number of nitrogens with zero attached hydrogens (tertiary/aromatic N) is 3. The molecule has 8 nitrogen and oxygen atoms in total. The van der Waals surface area contributed by atoms with Gasteiger partial charge in [0.2, 0.25) is 10.0 Å². The second-order valence-electron chi connectivity index (χ2n) is 6.09. The monoisotopic (exact) mass is 398 g/mol. The van der Waals surface area contributed by atoms with E-state index in [1.165, 1.54) is 0 Å². The molecule has 9 heteroatoms. The first-order chi connectivity index (χ1) is 13.5. The third-order valence-electron chi connectivity index (χ3n) is 3.71. The van der Waals surface area contributed by atoms with Gasteiger partial charge in [-0.05, 0) is 24.6 Å². The molecule has 2 aromatic heterocycles. The van der Waals surface area contributed by atoms with E-state index in [0.29, 0.717) is 29.8 Å². The first kappa shape index (κ1) is 19.7. The maximum atomic E-state index is 12.1. The van der Waals surface area contributed by atoms with Crippen LogP contribution in [0.15, 0.2) is 60.8 Å². The Morgan fingerprint density at radius 1 is 0.893 bits per heavy atom. The fourth-order valence-electron chi connectivity index (χ4n) is 2.53. The third kappa shape index (κ3) is 6.29. The number of anilines is 3. The maximum absolute atomic E-state index is 12.1. The molecule has 2 heterocycles. The van der Waals surface area contributed by atoms with Gasteiger partial charge in [0, 0.05) is 25.4 Å². The number of sulfonamides is 1. The highest BCUT2D eigenvalue weighted by atomic mass is 32.2. The van der Waals surface area contributed by atoms with Gasteiger partial charge in [-0.3, -0.25) is 0 Å². The lowest BCUT2D eigenvalue weighted by Gasteiger charge is -2.11. The van der Waals surface area contributed by atoms with Crippen LogP contribution in [0, 0.1) is 6.92 Å². The smallest absolute Gasteiger partial charge is 0.215 e. The Morgan fingerprint density at radius 3 is 2.39 bits per heavy atom. The summed E-state index contributed by atoms with van der Waals surface area (Å²) in [4.78, 5) is 12.8. The van der Waals surface area contributed by atoms with Crippen LogP contribution < -0.4 is 15.4 Å². The fourth-order valence-corrected chi connectivity index (χ4v) is 3.68. The second-order valence-corrected chi connectivity index (χ2v) is 7.90. The van der Waals surface area contributed by atoms with Crippen molar-refractivity contribution in [3.05, 3.63) is 72.2 Å². The van der Waals surface area contributed by atoms with Crippen LogP contribution >= 0.6 is 0 Å². The average Bonchev–Trinajstić information content (AvgIpc) is 2.66. The van der Waals surface area contributed by atoms with Crippen LogP contribution in [-0.2, 0) is 15.8 Å². The molecule has 0 saturated heterocycles. The summed E-state index contributed by atoms with van der Waals surface area (Å²) in [6, 6.07) is 16.4. The number of hydrogen-bond donors (Lipinski definition) is 3. The lowest BCUT2D eigenvalue weighted by atomic mass is 10.2. The van der Waals surface area contributed by atoms with Gasteiger partial charge >= 0.3 is 0 Å². The van der Waals surface area contributed by atoms with Crippen molar-refractivity contribution in [2.75, 3.05) is 23.7 Å². The topological polar surface area (TPSA) is 109 Å². The van der Waals surface area contributed by atoms with Gasteiger partial charge in [0.1, 0.15) is 23.3 Å². The summed E-state index contributed by atoms with van der Waals surface area (Å²) in [6.07, 6.45) is 1.69. The zero-order chi connectivity index (χ0) is 19.8. The number of aromatic nitrogens is 3. The van der Waals surface area contributed by atoms with E-state index in [1.807, 2.05) is 36.4 Å². The first-order valence-electron chi connectivity index (χ1n) is 8.79. The predicted octanol–water partition coefficient (Wildman–Crippen LogP) is 2.46. The van der Waals surface area contributed by atoms with Crippen molar-refractivity contribution in [1.82, 2.24) is 19.7 Å². The van der Waals surface area contributed by atoms with Crippen molar-refractivity contribution in [3.8, 4) is 0 Å². The number of aryl methyl sites for hydroxylation is 1. The van der Waals surface area contributed by atoms with E-state index in [9.17, 15) is 8.42 Å². The van der Waals surface area contributed by atoms with Crippen molar-refractivity contribution >= 4 is 27.5 Å². The molecule has 0 aliphatic rings. The maximum Gasteiger partial charge on any atom is 0.215 e. The highest BCUT2D eigenvalue weighted by Gasteiger charge is 2.10. The van der Waals surface area contributed by atoms with Gasteiger partial charge in [-0.1, -0.05) is 36.4 Å². The van der Waals surface area contributed by atoms with E-state index in [4.69, 9.17) is 0 Å². The van der Waals surface area contributed by atoms with E-state index in [0.717, 1.165) is 5.56 Å². The lowest BCUT2D eigenvalue weighted by Crippen LogP contribution is -2.30. The molecule has 0 spiro atoms. The first-order valence-corrected chi connectivity index (χ1v) is 10.4. The molecule has 0 amide bonds. The molecule has 3 aromatic rings. The number of hydrogen-bond acceptors (Lipinski definition) is 7. The average molecular weight is 398 g/mol. The third-order valence-corrected chi connectivity index (χ3v) is 5.07. The number of nitrogens with one attached hydrogen (secondary N) is 3. The molecular weight excluding hydrogens is 376 g/mol. The van der Waals surface area contributed by atoms with Crippen molar-refractivity contribution in [2.45, 2.75) is 12.7 Å². The van der Waals surface area contributed by atoms with Gasteiger partial charge in [-0.15, -0.1) is 0 Å². The van der Waals surface area contributed by atoms with E-state index < -0.39 is 10.0 Å². The molecule has 0 bridgehead atoms. The fraction of sp³-hybridized carbons (Fsp3) is 0.211. The summed E-state index contributed by atoms with van der Waals surface area (Å²) < 4.78 is 26.9. The molecule has 28 heavy (non-hydrogen) atoms. The molecular formula is C19H22N6O2S. The molecule has 0 saturated carbocycles. The Kier molecular flexibility index (Phi) is 6.51. The summed E-state index contributed by atoms with van der Waals surface area (Å²) in [7, 11) is -3.39. The minimum atomic E-state index is -3.39. The van der Waals surface area contributed by atoms with Crippen molar-refractivity contribution in [1.29, 1.82) is 0 Å². The van der Waals surface area contributed by atoms with E-state index in [-0.39, 0.29) is 12.3 Å². The second kappa shape index (κ2) is 9.25. The molecule has 3 rings (SSSR count). The van der Waals surface area contributed by atoms with Crippen LogP contribution in [0.3, 0.4) is 0 Å². The Labute approximate surface area is 164 Å². The van der Waals surface area contributed by atoms with E-state index in [2.05, 4.69) is 30.3 Å². The minimum Gasteiger partial charge on any atom is -0.369 e.